The van der Waals surface area contributed by atoms with Gasteiger partial charge in [-0.1, -0.05) is 48.2 Å². The number of aryl methyl sites for hydroxylation is 1. The molecule has 4 rings (SSSR count). The van der Waals surface area contributed by atoms with Crippen LogP contribution in [0.1, 0.15) is 35.7 Å². The summed E-state index contributed by atoms with van der Waals surface area (Å²) in [7, 11) is 0. The Kier molecular flexibility index (Phi) is 4.28. The van der Waals surface area contributed by atoms with Gasteiger partial charge in [0.25, 0.3) is 0 Å². The van der Waals surface area contributed by atoms with Gasteiger partial charge in [-0.15, -0.1) is 10.2 Å². The minimum atomic E-state index is 0.117. The van der Waals surface area contributed by atoms with Crippen LogP contribution in [0.3, 0.4) is 0 Å². The first-order valence-electron chi connectivity index (χ1n) is 8.09. The lowest BCUT2D eigenvalue weighted by Gasteiger charge is -2.00. The molecular weight excluding hydrogens is 340 g/mol. The zero-order valence-electron chi connectivity index (χ0n) is 13.3. The molecule has 3 aromatic rings. The highest BCUT2D eigenvalue weighted by atomic mass is 32.2. The molecule has 1 saturated carbocycles. The summed E-state index contributed by atoms with van der Waals surface area (Å²) in [4.78, 5) is 15.8. The number of Topliss-reactive ketones (excluding diaryl/α,β-unsaturated/α-hetero) is 1. The molecule has 2 aromatic heterocycles. The molecular formula is C17H18N4OS2. The van der Waals surface area contributed by atoms with Gasteiger partial charge < -0.3 is 10.3 Å². The second-order valence-electron chi connectivity index (χ2n) is 5.90. The van der Waals surface area contributed by atoms with E-state index in [1.165, 1.54) is 41.5 Å². The van der Waals surface area contributed by atoms with E-state index in [9.17, 15) is 4.79 Å². The summed E-state index contributed by atoms with van der Waals surface area (Å²) in [5, 5.41) is 13.5. The smallest absolute Gasteiger partial charge is 0.206 e. The van der Waals surface area contributed by atoms with E-state index in [4.69, 9.17) is 0 Å². The van der Waals surface area contributed by atoms with E-state index >= 15 is 0 Å². The molecule has 1 aliphatic carbocycles. The molecule has 0 spiro atoms. The van der Waals surface area contributed by atoms with Gasteiger partial charge in [-0.3, -0.25) is 4.79 Å². The highest BCUT2D eigenvalue weighted by Gasteiger charge is 2.22. The van der Waals surface area contributed by atoms with Crippen LogP contribution in [-0.2, 0) is 6.42 Å². The lowest BCUT2D eigenvalue weighted by Crippen LogP contribution is -2.01. The normalized spacial score (nSPS) is 14.2. The van der Waals surface area contributed by atoms with Gasteiger partial charge in [0, 0.05) is 28.7 Å². The summed E-state index contributed by atoms with van der Waals surface area (Å²) in [6.45, 7) is 2.12. The Morgan fingerprint density at radius 1 is 1.42 bits per heavy atom. The Morgan fingerprint density at radius 3 is 3.08 bits per heavy atom. The van der Waals surface area contributed by atoms with Crippen molar-refractivity contribution in [1.82, 2.24) is 15.2 Å². The average molecular weight is 358 g/mol. The van der Waals surface area contributed by atoms with Crippen molar-refractivity contribution in [1.29, 1.82) is 0 Å². The number of ketones is 1. The number of thioether (sulfide) groups is 1. The fourth-order valence-corrected chi connectivity index (χ4v) is 4.39. The molecule has 2 heterocycles. The number of hydrogen-bond acceptors (Lipinski definition) is 6. The number of hydrogen-bond donors (Lipinski definition) is 2. The molecule has 1 fully saturated rings. The Morgan fingerprint density at radius 2 is 2.29 bits per heavy atom. The first kappa shape index (κ1) is 15.7. The average Bonchev–Trinajstić information content (AvgIpc) is 3.12. The van der Waals surface area contributed by atoms with Crippen molar-refractivity contribution in [3.8, 4) is 0 Å². The molecule has 0 saturated heterocycles. The molecule has 0 aliphatic heterocycles. The van der Waals surface area contributed by atoms with Gasteiger partial charge in [0.2, 0.25) is 5.13 Å². The number of aromatic nitrogens is 3. The van der Waals surface area contributed by atoms with Gasteiger partial charge >= 0.3 is 0 Å². The number of aromatic amines is 1. The molecule has 124 valence electrons. The zero-order chi connectivity index (χ0) is 16.5. The first-order valence-corrected chi connectivity index (χ1v) is 9.90. The van der Waals surface area contributed by atoms with Crippen LogP contribution < -0.4 is 5.32 Å². The van der Waals surface area contributed by atoms with Crippen molar-refractivity contribution in [3.05, 3.63) is 35.5 Å². The summed E-state index contributed by atoms with van der Waals surface area (Å²) in [6, 6.07) is 6.68. The number of nitrogens with one attached hydrogen (secondary N) is 2. The molecule has 0 radical (unpaired) electrons. The quantitative estimate of drug-likeness (QED) is 0.491. The minimum Gasteiger partial charge on any atom is -0.360 e. The van der Waals surface area contributed by atoms with Crippen molar-refractivity contribution in [3.63, 3.8) is 0 Å². The molecule has 0 unspecified atom stereocenters. The lowest BCUT2D eigenvalue weighted by molar-refractivity contribution is 0.102. The van der Waals surface area contributed by atoms with E-state index in [1.807, 2.05) is 18.3 Å². The Balaban J connectivity index is 1.45. The number of H-pyrrole nitrogens is 1. The standard InChI is InChI=1S/C17H18N4OS2/c1-2-10-4-3-5-12-13(8-18-15(10)12)14(22)9-23-17-21-20-16(24-17)19-11-6-7-11/h3-5,8,11,18H,2,6-7,9H2,1H3,(H,19,20). The van der Waals surface area contributed by atoms with E-state index in [-0.39, 0.29) is 5.78 Å². The molecule has 1 aromatic carbocycles. The maximum Gasteiger partial charge on any atom is 0.206 e. The van der Waals surface area contributed by atoms with Crippen LogP contribution in [0, 0.1) is 0 Å². The molecule has 0 amide bonds. The van der Waals surface area contributed by atoms with Crippen LogP contribution in [-0.4, -0.2) is 32.8 Å². The van der Waals surface area contributed by atoms with Crippen molar-refractivity contribution in [2.24, 2.45) is 0 Å². The number of benzene rings is 1. The fraction of sp³-hybridized carbons (Fsp3) is 0.353. The van der Waals surface area contributed by atoms with Crippen LogP contribution in [0.25, 0.3) is 10.9 Å². The van der Waals surface area contributed by atoms with E-state index in [0.717, 1.165) is 32.4 Å². The number of carbonyl (C=O) groups excluding carboxylic acids is 1. The van der Waals surface area contributed by atoms with Crippen molar-refractivity contribution >= 4 is 44.9 Å². The molecule has 0 bridgehead atoms. The molecule has 24 heavy (non-hydrogen) atoms. The Labute approximate surface area is 148 Å². The third-order valence-corrected chi connectivity index (χ3v) is 6.11. The van der Waals surface area contributed by atoms with E-state index in [0.29, 0.717) is 11.8 Å². The molecule has 2 N–H and O–H groups in total. The van der Waals surface area contributed by atoms with Crippen LogP contribution in [0.2, 0.25) is 0 Å². The predicted octanol–water partition coefficient (Wildman–Crippen LogP) is 4.13. The second-order valence-corrected chi connectivity index (χ2v) is 8.10. The van der Waals surface area contributed by atoms with Gasteiger partial charge in [0.1, 0.15) is 0 Å². The number of carbonyl (C=O) groups is 1. The number of para-hydroxylation sites is 1. The maximum absolute atomic E-state index is 12.6. The largest absolute Gasteiger partial charge is 0.360 e. The predicted molar refractivity (Wildman–Crippen MR) is 99.3 cm³/mol. The zero-order valence-corrected chi connectivity index (χ0v) is 15.0. The second kappa shape index (κ2) is 6.57. The molecule has 5 nitrogen and oxygen atoms in total. The summed E-state index contributed by atoms with van der Waals surface area (Å²) >= 11 is 2.97. The third kappa shape index (κ3) is 3.18. The number of rotatable bonds is 7. The van der Waals surface area contributed by atoms with Crippen LogP contribution >= 0.6 is 23.1 Å². The summed E-state index contributed by atoms with van der Waals surface area (Å²) in [5.74, 6) is 0.493. The summed E-state index contributed by atoms with van der Waals surface area (Å²) in [6.07, 6.45) is 5.19. The topological polar surface area (TPSA) is 70.7 Å². The highest BCUT2D eigenvalue weighted by Crippen LogP contribution is 2.31. The molecule has 1 aliphatic rings. The van der Waals surface area contributed by atoms with Crippen LogP contribution in [0.4, 0.5) is 5.13 Å². The van der Waals surface area contributed by atoms with Crippen LogP contribution in [0.15, 0.2) is 28.7 Å². The van der Waals surface area contributed by atoms with E-state index in [2.05, 4.69) is 33.5 Å². The number of anilines is 1. The van der Waals surface area contributed by atoms with E-state index < -0.39 is 0 Å². The van der Waals surface area contributed by atoms with Gasteiger partial charge in [0.05, 0.1) is 5.75 Å². The van der Waals surface area contributed by atoms with Gasteiger partial charge in [0.15, 0.2) is 10.1 Å². The lowest BCUT2D eigenvalue weighted by atomic mass is 10.1. The van der Waals surface area contributed by atoms with Crippen molar-refractivity contribution in [2.45, 2.75) is 36.6 Å². The Bertz CT molecular complexity index is 882. The highest BCUT2D eigenvalue weighted by molar-refractivity contribution is 8.01. The summed E-state index contributed by atoms with van der Waals surface area (Å²) in [5.41, 5.74) is 3.06. The third-order valence-electron chi connectivity index (χ3n) is 4.12. The SMILES string of the molecule is CCc1cccc2c(C(=O)CSc3nnc(NC4CC4)s3)c[nH]c12. The van der Waals surface area contributed by atoms with Gasteiger partial charge in [-0.25, -0.2) is 0 Å². The first-order chi connectivity index (χ1) is 11.7. The van der Waals surface area contributed by atoms with Crippen LogP contribution in [0.5, 0.6) is 0 Å². The minimum absolute atomic E-state index is 0.117. The number of nitrogens with zero attached hydrogens (tertiary/aromatic N) is 2. The van der Waals surface area contributed by atoms with Crippen molar-refractivity contribution in [2.75, 3.05) is 11.1 Å². The number of fused-ring (bicyclic) bond motifs is 1. The van der Waals surface area contributed by atoms with E-state index in [1.54, 1.807) is 0 Å². The van der Waals surface area contributed by atoms with Gasteiger partial charge in [-0.2, -0.15) is 0 Å². The monoisotopic (exact) mass is 358 g/mol. The summed E-state index contributed by atoms with van der Waals surface area (Å²) < 4.78 is 0.834. The molecule has 0 atom stereocenters. The molecule has 7 heteroatoms. The Hall–Kier alpha value is -1.86. The van der Waals surface area contributed by atoms with Crippen molar-refractivity contribution < 1.29 is 4.79 Å². The maximum atomic E-state index is 12.6. The fourth-order valence-electron chi connectivity index (χ4n) is 2.68. The van der Waals surface area contributed by atoms with Gasteiger partial charge in [-0.05, 0) is 24.8 Å².